The molecule has 1 aliphatic heterocycles. The molecule has 32 heavy (non-hydrogen) atoms. The topological polar surface area (TPSA) is 96.3 Å². The Balaban J connectivity index is 1.48. The normalized spacial score (nSPS) is 22.4. The van der Waals surface area contributed by atoms with Crippen LogP contribution in [0.15, 0.2) is 18.5 Å². The van der Waals surface area contributed by atoms with Gasteiger partial charge in [0.2, 0.25) is 0 Å². The Hall–Kier alpha value is -3.40. The third-order valence-corrected chi connectivity index (χ3v) is 6.55. The number of benzene rings is 1. The molecule has 0 bridgehead atoms. The number of hydrogen-bond donors (Lipinski definition) is 2. The molecule has 2 atom stereocenters. The largest absolute Gasteiger partial charge is 0.421 e. The number of aliphatic hydroxyl groups excluding tert-OH is 1. The van der Waals surface area contributed by atoms with E-state index in [9.17, 15) is 9.50 Å². The summed E-state index contributed by atoms with van der Waals surface area (Å²) in [6.07, 6.45) is 3.07. The zero-order valence-electron chi connectivity index (χ0n) is 17.4. The monoisotopic (exact) mass is 438 g/mol. The SMILES string of the molecule is CNc1cc(F)c(F)c2c1Cc1nc(Oc3cnc(C)nc3)nc(N3CC4C(O)C4C3)c1-2. The van der Waals surface area contributed by atoms with Crippen LogP contribution in [0.5, 0.6) is 11.8 Å². The molecule has 1 saturated heterocycles. The second kappa shape index (κ2) is 6.80. The predicted octanol–water partition coefficient (Wildman–Crippen LogP) is 2.69. The molecule has 2 N–H and O–H groups in total. The Morgan fingerprint density at radius 2 is 1.84 bits per heavy atom. The number of anilines is 2. The van der Waals surface area contributed by atoms with Crippen LogP contribution in [-0.2, 0) is 6.42 Å². The highest BCUT2D eigenvalue weighted by Crippen LogP contribution is 2.51. The third kappa shape index (κ3) is 2.82. The van der Waals surface area contributed by atoms with Crippen molar-refractivity contribution in [3.63, 3.8) is 0 Å². The van der Waals surface area contributed by atoms with Crippen molar-refractivity contribution < 1.29 is 18.6 Å². The number of ether oxygens (including phenoxy) is 1. The molecule has 2 aliphatic carbocycles. The van der Waals surface area contributed by atoms with Crippen LogP contribution in [-0.4, -0.2) is 51.3 Å². The van der Waals surface area contributed by atoms with Crippen molar-refractivity contribution in [1.29, 1.82) is 0 Å². The molecule has 3 aromatic rings. The first-order valence-corrected chi connectivity index (χ1v) is 10.4. The minimum Gasteiger partial charge on any atom is -0.421 e. The molecule has 0 spiro atoms. The maximum Gasteiger partial charge on any atom is 0.324 e. The molecule has 0 radical (unpaired) electrons. The highest BCUT2D eigenvalue weighted by molar-refractivity contribution is 5.88. The standard InChI is InChI=1S/C22H20F2N6O2/c1-9-26-5-10(6-27-9)32-22-28-16-3-11-15(25-2)4-14(23)19(24)17(11)18(16)21(29-22)30-7-12-13(8-30)20(12)31/h4-6,12-13,20,25,31H,3,7-8H2,1-2H3. The maximum atomic E-state index is 15.0. The Bertz CT molecular complexity index is 1240. The van der Waals surface area contributed by atoms with Gasteiger partial charge in [0.15, 0.2) is 17.4 Å². The minimum absolute atomic E-state index is 0.0898. The lowest BCUT2D eigenvalue weighted by Gasteiger charge is -2.23. The molecular weight excluding hydrogens is 418 g/mol. The van der Waals surface area contributed by atoms with Gasteiger partial charge in [-0.05, 0) is 12.5 Å². The number of nitrogens with one attached hydrogen (secondary N) is 1. The molecule has 10 heteroatoms. The van der Waals surface area contributed by atoms with Crippen LogP contribution in [0.25, 0.3) is 11.1 Å². The molecule has 0 amide bonds. The lowest BCUT2D eigenvalue weighted by Crippen LogP contribution is -2.27. The van der Waals surface area contributed by atoms with Crippen molar-refractivity contribution in [2.75, 3.05) is 30.4 Å². The molecule has 2 unspecified atom stereocenters. The molecule has 8 nitrogen and oxygen atoms in total. The Morgan fingerprint density at radius 3 is 2.53 bits per heavy atom. The number of piperidine rings is 1. The van der Waals surface area contributed by atoms with Crippen molar-refractivity contribution in [3.8, 4) is 22.9 Å². The highest BCUT2D eigenvalue weighted by atomic mass is 19.2. The molecule has 3 heterocycles. The van der Waals surface area contributed by atoms with Gasteiger partial charge in [-0.15, -0.1) is 0 Å². The van der Waals surface area contributed by atoms with Gasteiger partial charge in [-0.3, -0.25) is 0 Å². The number of rotatable bonds is 4. The Morgan fingerprint density at radius 1 is 1.12 bits per heavy atom. The molecule has 164 valence electrons. The van der Waals surface area contributed by atoms with Crippen molar-refractivity contribution in [3.05, 3.63) is 47.2 Å². The maximum absolute atomic E-state index is 15.0. The summed E-state index contributed by atoms with van der Waals surface area (Å²) < 4.78 is 35.3. The molecule has 1 aromatic carbocycles. The summed E-state index contributed by atoms with van der Waals surface area (Å²) in [6.45, 7) is 2.95. The first-order chi connectivity index (χ1) is 15.4. The zero-order chi connectivity index (χ0) is 22.1. The number of halogens is 2. The minimum atomic E-state index is -0.927. The molecule has 2 fully saturated rings. The van der Waals surface area contributed by atoms with Crippen molar-refractivity contribution >= 4 is 11.5 Å². The summed E-state index contributed by atoms with van der Waals surface area (Å²) in [5.41, 5.74) is 2.38. The van der Waals surface area contributed by atoms with Crippen molar-refractivity contribution in [1.82, 2.24) is 19.9 Å². The van der Waals surface area contributed by atoms with Crippen LogP contribution in [0.2, 0.25) is 0 Å². The summed E-state index contributed by atoms with van der Waals surface area (Å²) in [5, 5.41) is 12.9. The van der Waals surface area contributed by atoms with Crippen molar-refractivity contribution in [2.24, 2.45) is 11.8 Å². The fraction of sp³-hybridized carbons (Fsp3) is 0.364. The van der Waals surface area contributed by atoms with Gasteiger partial charge in [-0.2, -0.15) is 9.97 Å². The first kappa shape index (κ1) is 19.3. The average Bonchev–Trinajstić information content (AvgIpc) is 3.15. The lowest BCUT2D eigenvalue weighted by molar-refractivity contribution is 0.241. The van der Waals surface area contributed by atoms with Crippen LogP contribution in [0, 0.1) is 30.4 Å². The van der Waals surface area contributed by atoms with E-state index in [1.807, 2.05) is 4.90 Å². The van der Waals surface area contributed by atoms with E-state index in [1.165, 1.54) is 12.4 Å². The van der Waals surface area contributed by atoms with Gasteiger partial charge >= 0.3 is 6.01 Å². The van der Waals surface area contributed by atoms with Crippen molar-refractivity contribution in [2.45, 2.75) is 19.4 Å². The van der Waals surface area contributed by atoms with Crippen LogP contribution < -0.4 is 15.0 Å². The molecule has 3 aliphatic rings. The third-order valence-electron chi connectivity index (χ3n) is 6.55. The van der Waals surface area contributed by atoms with Gasteiger partial charge in [0.05, 0.1) is 24.2 Å². The van der Waals surface area contributed by atoms with Gasteiger partial charge in [0.1, 0.15) is 11.6 Å². The predicted molar refractivity (Wildman–Crippen MR) is 112 cm³/mol. The van der Waals surface area contributed by atoms with Crippen LogP contribution in [0.1, 0.15) is 17.1 Å². The Labute approximate surface area is 182 Å². The number of aliphatic hydroxyl groups is 1. The number of hydrogen-bond acceptors (Lipinski definition) is 8. The number of fused-ring (bicyclic) bond motifs is 4. The molecule has 1 saturated carbocycles. The van der Waals surface area contributed by atoms with E-state index < -0.39 is 11.6 Å². The van der Waals surface area contributed by atoms with Crippen LogP contribution in [0.4, 0.5) is 20.3 Å². The first-order valence-electron chi connectivity index (χ1n) is 10.4. The van der Waals surface area contributed by atoms with Gasteiger partial charge < -0.3 is 20.1 Å². The second-order valence-corrected chi connectivity index (χ2v) is 8.44. The van der Waals surface area contributed by atoms with E-state index in [-0.39, 0.29) is 29.5 Å². The highest BCUT2D eigenvalue weighted by Gasteiger charge is 2.56. The van der Waals surface area contributed by atoms with Gasteiger partial charge in [0.25, 0.3) is 0 Å². The fourth-order valence-electron chi connectivity index (χ4n) is 4.84. The van der Waals surface area contributed by atoms with Crippen LogP contribution >= 0.6 is 0 Å². The summed E-state index contributed by atoms with van der Waals surface area (Å²) >= 11 is 0. The van der Waals surface area contributed by atoms with E-state index in [2.05, 4.69) is 25.3 Å². The Kier molecular flexibility index (Phi) is 4.10. The van der Waals surface area contributed by atoms with Crippen LogP contribution in [0.3, 0.4) is 0 Å². The van der Waals surface area contributed by atoms with Gasteiger partial charge in [0, 0.05) is 61.3 Å². The summed E-state index contributed by atoms with van der Waals surface area (Å²) in [6, 6.07) is 1.25. The average molecular weight is 438 g/mol. The lowest BCUT2D eigenvalue weighted by atomic mass is 10.0. The van der Waals surface area contributed by atoms with E-state index >= 15 is 4.39 Å². The fourth-order valence-corrected chi connectivity index (χ4v) is 4.84. The second-order valence-electron chi connectivity index (χ2n) is 8.44. The number of aryl methyl sites for hydroxylation is 1. The number of aromatic nitrogens is 4. The van der Waals surface area contributed by atoms with E-state index in [4.69, 9.17) is 4.74 Å². The van der Waals surface area contributed by atoms with E-state index in [1.54, 1.807) is 14.0 Å². The molecule has 6 rings (SSSR count). The van der Waals surface area contributed by atoms with Gasteiger partial charge in [-0.25, -0.2) is 18.7 Å². The van der Waals surface area contributed by atoms with Gasteiger partial charge in [-0.1, -0.05) is 0 Å². The summed E-state index contributed by atoms with van der Waals surface area (Å²) in [7, 11) is 1.67. The summed E-state index contributed by atoms with van der Waals surface area (Å²) in [4.78, 5) is 19.4. The molecule has 2 aromatic heterocycles. The molecular formula is C22H20F2N6O2. The summed E-state index contributed by atoms with van der Waals surface area (Å²) in [5.74, 6) is -0.0256. The quantitative estimate of drug-likeness (QED) is 0.502. The zero-order valence-corrected chi connectivity index (χ0v) is 17.4. The smallest absolute Gasteiger partial charge is 0.324 e. The number of nitrogens with zero attached hydrogens (tertiary/aromatic N) is 5. The van der Waals surface area contributed by atoms with E-state index in [0.717, 1.165) is 6.07 Å². The van der Waals surface area contributed by atoms with E-state index in [0.29, 0.717) is 59.4 Å².